The number of nitrogens with one attached hydrogen (secondary N) is 1. The number of hydrogen-bond acceptors (Lipinski definition) is 4. The third-order valence-corrected chi connectivity index (χ3v) is 5.61. The molecule has 1 aromatic rings. The fourth-order valence-electron chi connectivity index (χ4n) is 3.85. The number of rotatable bonds is 7. The molecule has 0 aliphatic carbocycles. The summed E-state index contributed by atoms with van der Waals surface area (Å²) in [7, 11) is 0. The van der Waals surface area contributed by atoms with Crippen molar-refractivity contribution in [2.24, 2.45) is 11.1 Å². The second kappa shape index (κ2) is 11.2. The molecule has 1 atom stereocenters. The standard InChI is InChI=1S/C20H32N4O.2ClH/c1-20(15-21)8-11-24(16-20)14-19(25)22-12-17-4-6-18(7-5-17)13-23-9-2-3-10-23;;/h4-7H,2-3,8-16,21H2,1H3,(H,22,25);2*1H. The van der Waals surface area contributed by atoms with Gasteiger partial charge in [0.05, 0.1) is 6.54 Å². The summed E-state index contributed by atoms with van der Waals surface area (Å²) in [5.41, 5.74) is 8.52. The van der Waals surface area contributed by atoms with Gasteiger partial charge < -0.3 is 11.1 Å². The number of likely N-dealkylation sites (tertiary alicyclic amines) is 2. The van der Waals surface area contributed by atoms with Crippen LogP contribution in [0, 0.1) is 5.41 Å². The molecule has 0 aromatic heterocycles. The molecule has 0 saturated carbocycles. The lowest BCUT2D eigenvalue weighted by Crippen LogP contribution is -2.38. The van der Waals surface area contributed by atoms with Crippen molar-refractivity contribution in [1.29, 1.82) is 0 Å². The van der Waals surface area contributed by atoms with Crippen molar-refractivity contribution >= 4 is 30.7 Å². The molecule has 2 heterocycles. The summed E-state index contributed by atoms with van der Waals surface area (Å²) in [6.07, 6.45) is 3.73. The molecule has 1 amide bonds. The van der Waals surface area contributed by atoms with Crippen molar-refractivity contribution in [2.75, 3.05) is 39.3 Å². The lowest BCUT2D eigenvalue weighted by Gasteiger charge is -2.22. The average molecular weight is 417 g/mol. The predicted molar refractivity (Wildman–Crippen MR) is 116 cm³/mol. The summed E-state index contributed by atoms with van der Waals surface area (Å²) in [6.45, 7) is 9.34. The van der Waals surface area contributed by atoms with E-state index >= 15 is 0 Å². The van der Waals surface area contributed by atoms with Crippen molar-refractivity contribution in [3.63, 3.8) is 0 Å². The minimum atomic E-state index is 0. The highest BCUT2D eigenvalue weighted by molar-refractivity contribution is 5.85. The van der Waals surface area contributed by atoms with Crippen molar-refractivity contribution < 1.29 is 4.79 Å². The van der Waals surface area contributed by atoms with Crippen LogP contribution >= 0.6 is 24.8 Å². The van der Waals surface area contributed by atoms with Crippen LogP contribution in [0.2, 0.25) is 0 Å². The smallest absolute Gasteiger partial charge is 0.234 e. The zero-order valence-electron chi connectivity index (χ0n) is 16.3. The van der Waals surface area contributed by atoms with Gasteiger partial charge in [-0.3, -0.25) is 14.6 Å². The molecule has 27 heavy (non-hydrogen) atoms. The first kappa shape index (κ1) is 24.2. The maximum atomic E-state index is 12.2. The van der Waals surface area contributed by atoms with Gasteiger partial charge in [-0.2, -0.15) is 0 Å². The van der Waals surface area contributed by atoms with Crippen molar-refractivity contribution in [2.45, 2.75) is 39.3 Å². The summed E-state index contributed by atoms with van der Waals surface area (Å²) in [6, 6.07) is 8.64. The van der Waals surface area contributed by atoms with Crippen LogP contribution in [0.3, 0.4) is 0 Å². The van der Waals surface area contributed by atoms with Crippen molar-refractivity contribution in [3.8, 4) is 0 Å². The Bertz CT molecular complexity index is 578. The molecule has 0 bridgehead atoms. The summed E-state index contributed by atoms with van der Waals surface area (Å²) >= 11 is 0. The van der Waals surface area contributed by atoms with Crippen LogP contribution in [-0.2, 0) is 17.9 Å². The number of hydrogen-bond donors (Lipinski definition) is 2. The Morgan fingerprint density at radius 3 is 2.30 bits per heavy atom. The highest BCUT2D eigenvalue weighted by Gasteiger charge is 2.32. The number of carbonyl (C=O) groups excluding carboxylic acids is 1. The molecule has 2 saturated heterocycles. The van der Waals surface area contributed by atoms with Crippen LogP contribution in [0.4, 0.5) is 0 Å². The minimum Gasteiger partial charge on any atom is -0.351 e. The lowest BCUT2D eigenvalue weighted by molar-refractivity contribution is -0.122. The van der Waals surface area contributed by atoms with Crippen molar-refractivity contribution in [3.05, 3.63) is 35.4 Å². The highest BCUT2D eigenvalue weighted by atomic mass is 35.5. The second-order valence-electron chi connectivity index (χ2n) is 8.05. The van der Waals surface area contributed by atoms with Gasteiger partial charge in [-0.05, 0) is 62.0 Å². The SMILES string of the molecule is CC1(CN)CCN(CC(=O)NCc2ccc(CN3CCCC3)cc2)C1.Cl.Cl. The summed E-state index contributed by atoms with van der Waals surface area (Å²) in [5.74, 6) is 0.0995. The quantitative estimate of drug-likeness (QED) is 0.716. The van der Waals surface area contributed by atoms with Crippen LogP contribution in [0.5, 0.6) is 0 Å². The van der Waals surface area contributed by atoms with Gasteiger partial charge in [0, 0.05) is 19.6 Å². The fraction of sp³-hybridized carbons (Fsp3) is 0.650. The molecule has 1 aromatic carbocycles. The Hall–Kier alpha value is -0.850. The summed E-state index contributed by atoms with van der Waals surface area (Å²) in [5, 5.41) is 3.04. The Morgan fingerprint density at radius 1 is 1.07 bits per heavy atom. The molecule has 154 valence electrons. The van der Waals surface area contributed by atoms with Crippen LogP contribution in [0.15, 0.2) is 24.3 Å². The highest BCUT2D eigenvalue weighted by Crippen LogP contribution is 2.27. The van der Waals surface area contributed by atoms with Crippen LogP contribution < -0.4 is 11.1 Å². The molecule has 0 radical (unpaired) electrons. The van der Waals surface area contributed by atoms with E-state index < -0.39 is 0 Å². The molecule has 0 spiro atoms. The average Bonchev–Trinajstić information content (AvgIpc) is 3.25. The molecule has 2 fully saturated rings. The van der Waals surface area contributed by atoms with E-state index in [0.29, 0.717) is 19.6 Å². The topological polar surface area (TPSA) is 61.6 Å². The van der Waals surface area contributed by atoms with Gasteiger partial charge in [-0.25, -0.2) is 0 Å². The lowest BCUT2D eigenvalue weighted by atomic mass is 9.90. The maximum absolute atomic E-state index is 12.2. The number of amides is 1. The first-order valence-corrected chi connectivity index (χ1v) is 9.56. The number of benzene rings is 1. The van der Waals surface area contributed by atoms with Crippen LogP contribution in [0.25, 0.3) is 0 Å². The fourth-order valence-corrected chi connectivity index (χ4v) is 3.85. The Kier molecular flexibility index (Phi) is 10.1. The van der Waals surface area contributed by atoms with E-state index in [1.54, 1.807) is 0 Å². The number of nitrogens with zero attached hydrogens (tertiary/aromatic N) is 2. The molecule has 1 unspecified atom stereocenters. The van der Waals surface area contributed by atoms with Gasteiger partial charge in [0.2, 0.25) is 5.91 Å². The van der Waals surface area contributed by atoms with Gasteiger partial charge in [-0.1, -0.05) is 31.2 Å². The van der Waals surface area contributed by atoms with Gasteiger partial charge >= 0.3 is 0 Å². The molecule has 3 N–H and O–H groups in total. The first-order valence-electron chi connectivity index (χ1n) is 9.56. The number of nitrogens with two attached hydrogens (primary N) is 1. The first-order chi connectivity index (χ1) is 12.1. The van der Waals surface area contributed by atoms with E-state index in [1.807, 2.05) is 0 Å². The Morgan fingerprint density at radius 2 is 1.70 bits per heavy atom. The molecule has 2 aliphatic rings. The van der Waals surface area contributed by atoms with Crippen molar-refractivity contribution in [1.82, 2.24) is 15.1 Å². The van der Waals surface area contributed by atoms with E-state index in [4.69, 9.17) is 5.73 Å². The van der Waals surface area contributed by atoms with E-state index in [1.165, 1.54) is 31.5 Å². The van der Waals surface area contributed by atoms with Gasteiger partial charge in [0.15, 0.2) is 0 Å². The third kappa shape index (κ3) is 7.24. The molecule has 5 nitrogen and oxygen atoms in total. The number of carbonyl (C=O) groups is 1. The van der Waals surface area contributed by atoms with Gasteiger partial charge in [0.25, 0.3) is 0 Å². The van der Waals surface area contributed by atoms with Gasteiger partial charge in [-0.15, -0.1) is 24.8 Å². The number of halogens is 2. The normalized spacial score (nSPS) is 22.9. The zero-order valence-corrected chi connectivity index (χ0v) is 17.9. The van der Waals surface area contributed by atoms with E-state index in [9.17, 15) is 4.79 Å². The minimum absolute atomic E-state index is 0. The van der Waals surface area contributed by atoms with Crippen LogP contribution in [-0.4, -0.2) is 55.0 Å². The van der Waals surface area contributed by atoms with E-state index in [0.717, 1.165) is 31.6 Å². The van der Waals surface area contributed by atoms with E-state index in [2.05, 4.69) is 46.3 Å². The van der Waals surface area contributed by atoms with E-state index in [-0.39, 0.29) is 36.1 Å². The third-order valence-electron chi connectivity index (χ3n) is 5.61. The van der Waals surface area contributed by atoms with Crippen LogP contribution in [0.1, 0.15) is 37.3 Å². The molecular weight excluding hydrogens is 383 g/mol. The Labute approximate surface area is 175 Å². The molecule has 2 aliphatic heterocycles. The maximum Gasteiger partial charge on any atom is 0.234 e. The molecular formula is C20H34Cl2N4O. The monoisotopic (exact) mass is 416 g/mol. The Balaban J connectivity index is 0.00000182. The summed E-state index contributed by atoms with van der Waals surface area (Å²) in [4.78, 5) is 16.9. The summed E-state index contributed by atoms with van der Waals surface area (Å²) < 4.78 is 0. The molecule has 7 heteroatoms. The molecule has 3 rings (SSSR count). The predicted octanol–water partition coefficient (Wildman–Crippen LogP) is 2.41. The second-order valence-corrected chi connectivity index (χ2v) is 8.05. The largest absolute Gasteiger partial charge is 0.351 e. The van der Waals surface area contributed by atoms with Gasteiger partial charge in [0.1, 0.15) is 0 Å². The zero-order chi connectivity index (χ0) is 17.7.